The van der Waals surface area contributed by atoms with E-state index in [1.165, 1.54) is 9.58 Å². The lowest BCUT2D eigenvalue weighted by molar-refractivity contribution is 0.0343. The molecule has 0 saturated carbocycles. The molecule has 0 unspecified atom stereocenters. The monoisotopic (exact) mass is 369 g/mol. The average Bonchev–Trinajstić information content (AvgIpc) is 3.15. The van der Waals surface area contributed by atoms with Gasteiger partial charge >= 0.3 is 0 Å². The highest BCUT2D eigenvalue weighted by atomic mass is 32.1. The number of ether oxygens (including phenoxy) is 1. The van der Waals surface area contributed by atoms with Crippen molar-refractivity contribution in [2.45, 2.75) is 20.4 Å². The molecule has 6 heteroatoms. The van der Waals surface area contributed by atoms with Gasteiger partial charge in [0.1, 0.15) is 5.69 Å². The molecule has 2 N–H and O–H groups in total. The number of aromatic amines is 1. The minimum Gasteiger partial charge on any atom is -0.379 e. The van der Waals surface area contributed by atoms with Gasteiger partial charge in [0, 0.05) is 35.8 Å². The maximum atomic E-state index is 13.0. The van der Waals surface area contributed by atoms with Crippen LogP contribution in [0.25, 0.3) is 10.2 Å². The molecule has 26 heavy (non-hydrogen) atoms. The first kappa shape index (κ1) is 17.3. The van der Waals surface area contributed by atoms with Crippen molar-refractivity contribution < 1.29 is 9.53 Å². The van der Waals surface area contributed by atoms with Crippen LogP contribution in [0.4, 0.5) is 5.69 Å². The number of aryl methyl sites for hydroxylation is 2. The first-order valence-corrected chi connectivity index (χ1v) is 9.71. The van der Waals surface area contributed by atoms with E-state index in [1.807, 2.05) is 31.2 Å². The summed E-state index contributed by atoms with van der Waals surface area (Å²) in [6.07, 6.45) is 0. The van der Waals surface area contributed by atoms with Crippen molar-refractivity contribution in [1.29, 1.82) is 0 Å². The molecule has 1 aliphatic heterocycles. The zero-order chi connectivity index (χ0) is 18.1. The van der Waals surface area contributed by atoms with Crippen molar-refractivity contribution in [2.24, 2.45) is 0 Å². The maximum Gasteiger partial charge on any atom is 0.272 e. The van der Waals surface area contributed by atoms with Crippen LogP contribution in [0, 0.1) is 13.8 Å². The van der Waals surface area contributed by atoms with Gasteiger partial charge in [0.15, 0.2) is 0 Å². The van der Waals surface area contributed by atoms with Gasteiger partial charge in [-0.1, -0.05) is 18.2 Å². The summed E-state index contributed by atoms with van der Waals surface area (Å²) in [6.45, 7) is 8.17. The number of para-hydroxylation sites is 1. The zero-order valence-electron chi connectivity index (χ0n) is 15.1. The van der Waals surface area contributed by atoms with E-state index in [1.54, 1.807) is 11.3 Å². The van der Waals surface area contributed by atoms with Crippen molar-refractivity contribution in [3.05, 3.63) is 52.0 Å². The van der Waals surface area contributed by atoms with Crippen LogP contribution in [0.3, 0.4) is 0 Å². The Morgan fingerprint density at radius 1 is 1.27 bits per heavy atom. The van der Waals surface area contributed by atoms with Crippen LogP contribution in [-0.4, -0.2) is 42.1 Å². The largest absolute Gasteiger partial charge is 0.379 e. The number of nitrogens with zero attached hydrogens (tertiary/aromatic N) is 1. The number of anilines is 1. The van der Waals surface area contributed by atoms with Crippen LogP contribution in [0.5, 0.6) is 0 Å². The standard InChI is InChI=1S/C20H23N3O2S/c1-13-5-3-4-6-16(13)22-20(24)18-15(12-23-7-9-25-10-8-23)19-17(21-18)11-14(2)26-19/h3-6,11,21H,7-10,12H2,1-2H3,(H,22,24). The topological polar surface area (TPSA) is 57.4 Å². The number of H-pyrrole nitrogens is 1. The number of hydrogen-bond donors (Lipinski definition) is 2. The van der Waals surface area contributed by atoms with E-state index in [9.17, 15) is 4.79 Å². The van der Waals surface area contributed by atoms with Gasteiger partial charge in [0.25, 0.3) is 5.91 Å². The van der Waals surface area contributed by atoms with Gasteiger partial charge in [-0.2, -0.15) is 0 Å². The Labute approximate surface area is 157 Å². The van der Waals surface area contributed by atoms with Crippen LogP contribution in [-0.2, 0) is 11.3 Å². The molecule has 2 aromatic heterocycles. The molecule has 136 valence electrons. The Bertz CT molecular complexity index is 938. The maximum absolute atomic E-state index is 13.0. The number of hydrogen-bond acceptors (Lipinski definition) is 4. The van der Waals surface area contributed by atoms with Crippen molar-refractivity contribution in [2.75, 3.05) is 31.6 Å². The number of carbonyl (C=O) groups is 1. The predicted octanol–water partition coefficient (Wildman–Crippen LogP) is 3.93. The average molecular weight is 369 g/mol. The summed E-state index contributed by atoms with van der Waals surface area (Å²) in [6, 6.07) is 9.97. The lowest BCUT2D eigenvalue weighted by atomic mass is 10.1. The van der Waals surface area contributed by atoms with Gasteiger partial charge in [-0.05, 0) is 31.5 Å². The van der Waals surface area contributed by atoms with Crippen LogP contribution in [0.15, 0.2) is 30.3 Å². The Kier molecular flexibility index (Phi) is 4.80. The van der Waals surface area contributed by atoms with Gasteiger partial charge in [0.05, 0.1) is 23.4 Å². The highest BCUT2D eigenvalue weighted by molar-refractivity contribution is 7.19. The first-order valence-electron chi connectivity index (χ1n) is 8.90. The van der Waals surface area contributed by atoms with Gasteiger partial charge in [-0.15, -0.1) is 11.3 Å². The fourth-order valence-corrected chi connectivity index (χ4v) is 4.39. The minimum absolute atomic E-state index is 0.0800. The molecule has 5 nitrogen and oxygen atoms in total. The fourth-order valence-electron chi connectivity index (χ4n) is 3.38. The molecule has 0 bridgehead atoms. The number of thiophene rings is 1. The summed E-state index contributed by atoms with van der Waals surface area (Å²) in [5.74, 6) is -0.0800. The SMILES string of the molecule is Cc1cc2[nH]c(C(=O)Nc3ccccc3C)c(CN3CCOCC3)c2s1. The Hall–Kier alpha value is -2.15. The second kappa shape index (κ2) is 7.23. The van der Waals surface area contributed by atoms with Gasteiger partial charge in [0.2, 0.25) is 0 Å². The highest BCUT2D eigenvalue weighted by Gasteiger charge is 2.22. The number of carbonyl (C=O) groups excluding carboxylic acids is 1. The van der Waals surface area contributed by atoms with E-state index in [0.29, 0.717) is 5.69 Å². The third-order valence-corrected chi connectivity index (χ3v) is 5.91. The molecule has 1 amide bonds. The summed E-state index contributed by atoms with van der Waals surface area (Å²) in [5.41, 5.74) is 4.71. The second-order valence-corrected chi connectivity index (χ2v) is 7.99. The van der Waals surface area contributed by atoms with E-state index in [2.05, 4.69) is 28.2 Å². The van der Waals surface area contributed by atoms with E-state index in [4.69, 9.17) is 4.74 Å². The highest BCUT2D eigenvalue weighted by Crippen LogP contribution is 2.32. The third-order valence-electron chi connectivity index (χ3n) is 4.80. The Morgan fingerprint density at radius 2 is 2.04 bits per heavy atom. The molecular weight excluding hydrogens is 346 g/mol. The van der Waals surface area contributed by atoms with Gasteiger partial charge < -0.3 is 15.0 Å². The third kappa shape index (κ3) is 3.40. The van der Waals surface area contributed by atoms with Crippen LogP contribution >= 0.6 is 11.3 Å². The van der Waals surface area contributed by atoms with E-state index in [-0.39, 0.29) is 5.91 Å². The molecular formula is C20H23N3O2S. The molecule has 3 aromatic rings. The summed E-state index contributed by atoms with van der Waals surface area (Å²) in [5, 5.41) is 3.06. The van der Waals surface area contributed by atoms with Crippen molar-refractivity contribution in [1.82, 2.24) is 9.88 Å². The van der Waals surface area contributed by atoms with Crippen LogP contribution in [0.1, 0.15) is 26.5 Å². The summed E-state index contributed by atoms with van der Waals surface area (Å²) < 4.78 is 6.64. The number of benzene rings is 1. The van der Waals surface area contributed by atoms with Crippen molar-refractivity contribution in [3.8, 4) is 0 Å². The Morgan fingerprint density at radius 3 is 2.81 bits per heavy atom. The number of aromatic nitrogens is 1. The van der Waals surface area contributed by atoms with Crippen molar-refractivity contribution in [3.63, 3.8) is 0 Å². The molecule has 4 rings (SSSR count). The Balaban J connectivity index is 1.67. The van der Waals surface area contributed by atoms with Gasteiger partial charge in [-0.3, -0.25) is 9.69 Å². The predicted molar refractivity (Wildman–Crippen MR) is 106 cm³/mol. The quantitative estimate of drug-likeness (QED) is 0.733. The summed E-state index contributed by atoms with van der Waals surface area (Å²) in [4.78, 5) is 20.0. The lowest BCUT2D eigenvalue weighted by Gasteiger charge is -2.26. The normalized spacial score (nSPS) is 15.5. The molecule has 0 aliphatic carbocycles. The fraction of sp³-hybridized carbons (Fsp3) is 0.350. The number of rotatable bonds is 4. The molecule has 1 aliphatic rings. The first-order chi connectivity index (χ1) is 12.6. The molecule has 3 heterocycles. The number of nitrogens with one attached hydrogen (secondary N) is 2. The zero-order valence-corrected chi connectivity index (χ0v) is 15.9. The molecule has 1 saturated heterocycles. The van der Waals surface area contributed by atoms with Crippen molar-refractivity contribution >= 4 is 33.1 Å². The summed E-state index contributed by atoms with van der Waals surface area (Å²) >= 11 is 1.75. The van der Waals surface area contributed by atoms with Crippen LogP contribution < -0.4 is 5.32 Å². The number of fused-ring (bicyclic) bond motifs is 1. The second-order valence-electron chi connectivity index (χ2n) is 6.74. The van der Waals surface area contributed by atoms with E-state index < -0.39 is 0 Å². The molecule has 0 spiro atoms. The summed E-state index contributed by atoms with van der Waals surface area (Å²) in [7, 11) is 0. The van der Waals surface area contributed by atoms with Crippen LogP contribution in [0.2, 0.25) is 0 Å². The van der Waals surface area contributed by atoms with E-state index in [0.717, 1.165) is 55.2 Å². The smallest absolute Gasteiger partial charge is 0.272 e. The molecule has 1 fully saturated rings. The van der Waals surface area contributed by atoms with E-state index >= 15 is 0 Å². The van der Waals surface area contributed by atoms with Gasteiger partial charge in [-0.25, -0.2) is 0 Å². The lowest BCUT2D eigenvalue weighted by Crippen LogP contribution is -2.36. The minimum atomic E-state index is -0.0800. The number of amides is 1. The molecule has 0 atom stereocenters. The number of morpholine rings is 1. The molecule has 1 aromatic carbocycles. The molecule has 0 radical (unpaired) electrons.